The van der Waals surface area contributed by atoms with Crippen molar-refractivity contribution in [3.8, 4) is 0 Å². The largest absolute Gasteiger partial charge is 0.327 e. The molecule has 0 spiro atoms. The summed E-state index contributed by atoms with van der Waals surface area (Å²) in [7, 11) is 0. The Bertz CT molecular complexity index is 856. The van der Waals surface area contributed by atoms with E-state index < -0.39 is 35.1 Å². The van der Waals surface area contributed by atoms with E-state index in [2.05, 4.69) is 5.32 Å². The van der Waals surface area contributed by atoms with E-state index in [1.165, 1.54) is 35.2 Å². The highest BCUT2D eigenvalue weighted by atomic mass is 35.5. The van der Waals surface area contributed by atoms with Crippen LogP contribution in [0.2, 0.25) is 10.0 Å². The third-order valence-corrected chi connectivity index (χ3v) is 4.56. The van der Waals surface area contributed by atoms with Gasteiger partial charge < -0.3 is 10.2 Å². The highest BCUT2D eigenvalue weighted by molar-refractivity contribution is 6.35. The molecule has 26 heavy (non-hydrogen) atoms. The van der Waals surface area contributed by atoms with Crippen molar-refractivity contribution in [3.63, 3.8) is 0 Å². The number of likely N-dealkylation sites (tertiary alicyclic amines) is 1. The molecule has 1 aliphatic heterocycles. The van der Waals surface area contributed by atoms with Crippen LogP contribution in [-0.2, 0) is 4.79 Å². The van der Waals surface area contributed by atoms with Gasteiger partial charge in [0.25, 0.3) is 5.91 Å². The zero-order valence-electron chi connectivity index (χ0n) is 13.4. The molecular formula is C18H14Cl2F2N2O2. The predicted octanol–water partition coefficient (Wildman–Crippen LogP) is 4.51. The molecule has 4 nitrogen and oxygen atoms in total. The summed E-state index contributed by atoms with van der Waals surface area (Å²) < 4.78 is 27.3. The Labute approximate surface area is 158 Å². The van der Waals surface area contributed by atoms with Crippen molar-refractivity contribution in [2.75, 3.05) is 11.9 Å². The Hall–Kier alpha value is -2.18. The quantitative estimate of drug-likeness (QED) is 0.826. The maximum Gasteiger partial charge on any atom is 0.257 e. The Morgan fingerprint density at radius 1 is 1.12 bits per heavy atom. The van der Waals surface area contributed by atoms with Crippen LogP contribution in [0, 0.1) is 11.6 Å². The van der Waals surface area contributed by atoms with Crippen molar-refractivity contribution < 1.29 is 18.4 Å². The first-order chi connectivity index (χ1) is 12.4. The number of carbonyl (C=O) groups is 2. The molecular weight excluding hydrogens is 385 g/mol. The first-order valence-electron chi connectivity index (χ1n) is 7.89. The maximum absolute atomic E-state index is 13.9. The number of amides is 2. The van der Waals surface area contributed by atoms with E-state index in [1.54, 1.807) is 0 Å². The van der Waals surface area contributed by atoms with E-state index in [0.717, 1.165) is 6.07 Å². The normalized spacial score (nSPS) is 16.6. The van der Waals surface area contributed by atoms with Gasteiger partial charge in [0.05, 0.1) is 5.56 Å². The van der Waals surface area contributed by atoms with Gasteiger partial charge in [-0.05, 0) is 43.2 Å². The lowest BCUT2D eigenvalue weighted by molar-refractivity contribution is -0.119. The van der Waals surface area contributed by atoms with Crippen molar-refractivity contribution in [1.82, 2.24) is 4.90 Å². The molecule has 0 aromatic heterocycles. The minimum atomic E-state index is -1.22. The SMILES string of the molecule is O=C(Nc1cc(Cl)cc(Cl)c1)C1CCCN1C(=O)c1cccc(F)c1F. The summed E-state index contributed by atoms with van der Waals surface area (Å²) in [5.74, 6) is -3.48. The highest BCUT2D eigenvalue weighted by Crippen LogP contribution is 2.26. The molecule has 8 heteroatoms. The second-order valence-corrected chi connectivity index (χ2v) is 6.78. The van der Waals surface area contributed by atoms with Gasteiger partial charge >= 0.3 is 0 Å². The van der Waals surface area contributed by atoms with Crippen LogP contribution in [-0.4, -0.2) is 29.3 Å². The first kappa shape index (κ1) is 18.6. The molecule has 1 aliphatic rings. The lowest BCUT2D eigenvalue weighted by Crippen LogP contribution is -2.43. The van der Waals surface area contributed by atoms with Gasteiger partial charge in [-0.2, -0.15) is 0 Å². The van der Waals surface area contributed by atoms with Gasteiger partial charge in [0.15, 0.2) is 11.6 Å². The van der Waals surface area contributed by atoms with Gasteiger partial charge in [-0.25, -0.2) is 8.78 Å². The molecule has 2 aromatic carbocycles. The summed E-state index contributed by atoms with van der Waals surface area (Å²) in [6, 6.07) is 7.18. The molecule has 0 aliphatic carbocycles. The zero-order valence-corrected chi connectivity index (χ0v) is 15.0. The number of hydrogen-bond donors (Lipinski definition) is 1. The van der Waals surface area contributed by atoms with Crippen molar-refractivity contribution in [1.29, 1.82) is 0 Å². The fourth-order valence-electron chi connectivity index (χ4n) is 2.96. The standard InChI is InChI=1S/C18H14Cl2F2N2O2/c19-10-7-11(20)9-12(8-10)23-17(25)15-5-2-6-24(15)18(26)13-3-1-4-14(21)16(13)22/h1,3-4,7-9,15H,2,5-6H2,(H,23,25). The van der Waals surface area contributed by atoms with Crippen LogP contribution in [0.15, 0.2) is 36.4 Å². The van der Waals surface area contributed by atoms with E-state index in [-0.39, 0.29) is 6.54 Å². The Balaban J connectivity index is 1.80. The Morgan fingerprint density at radius 3 is 2.50 bits per heavy atom. The highest BCUT2D eigenvalue weighted by Gasteiger charge is 2.35. The van der Waals surface area contributed by atoms with Crippen molar-refractivity contribution in [3.05, 3.63) is 63.6 Å². The minimum absolute atomic E-state index is 0.281. The van der Waals surface area contributed by atoms with Crippen LogP contribution in [0.25, 0.3) is 0 Å². The van der Waals surface area contributed by atoms with Crippen molar-refractivity contribution in [2.24, 2.45) is 0 Å². The molecule has 3 rings (SSSR count). The summed E-state index contributed by atoms with van der Waals surface area (Å²) in [6.07, 6.45) is 1.000. The molecule has 0 radical (unpaired) electrons. The lowest BCUT2D eigenvalue weighted by atomic mass is 10.1. The molecule has 1 N–H and O–H groups in total. The average Bonchev–Trinajstić information content (AvgIpc) is 3.05. The molecule has 2 aromatic rings. The predicted molar refractivity (Wildman–Crippen MR) is 95.5 cm³/mol. The number of nitrogens with one attached hydrogen (secondary N) is 1. The third kappa shape index (κ3) is 3.81. The number of nitrogens with zero attached hydrogens (tertiary/aromatic N) is 1. The van der Waals surface area contributed by atoms with E-state index in [0.29, 0.717) is 28.6 Å². The molecule has 1 atom stereocenters. The second-order valence-electron chi connectivity index (χ2n) is 5.91. The van der Waals surface area contributed by atoms with Gasteiger partial charge in [0.1, 0.15) is 6.04 Å². The zero-order chi connectivity index (χ0) is 18.8. The molecule has 1 unspecified atom stereocenters. The minimum Gasteiger partial charge on any atom is -0.327 e. The van der Waals surface area contributed by atoms with E-state index >= 15 is 0 Å². The number of carbonyl (C=O) groups excluding carboxylic acids is 2. The van der Waals surface area contributed by atoms with Crippen LogP contribution < -0.4 is 5.32 Å². The van der Waals surface area contributed by atoms with E-state index in [1.807, 2.05) is 0 Å². The van der Waals surface area contributed by atoms with Crippen LogP contribution in [0.1, 0.15) is 23.2 Å². The van der Waals surface area contributed by atoms with Gasteiger partial charge in [-0.15, -0.1) is 0 Å². The maximum atomic E-state index is 13.9. The van der Waals surface area contributed by atoms with E-state index in [9.17, 15) is 18.4 Å². The summed E-state index contributed by atoms with van der Waals surface area (Å²) in [4.78, 5) is 26.4. The number of rotatable bonds is 3. The van der Waals surface area contributed by atoms with Gasteiger partial charge in [0, 0.05) is 22.3 Å². The smallest absolute Gasteiger partial charge is 0.257 e. The van der Waals surface area contributed by atoms with Crippen LogP contribution in [0.4, 0.5) is 14.5 Å². The Kier molecular flexibility index (Phi) is 5.44. The average molecular weight is 399 g/mol. The molecule has 1 fully saturated rings. The number of benzene rings is 2. The number of hydrogen-bond acceptors (Lipinski definition) is 2. The molecule has 1 heterocycles. The molecule has 0 bridgehead atoms. The van der Waals surface area contributed by atoms with Crippen LogP contribution in [0.5, 0.6) is 0 Å². The van der Waals surface area contributed by atoms with E-state index in [4.69, 9.17) is 23.2 Å². The molecule has 0 saturated carbocycles. The molecule has 1 saturated heterocycles. The second kappa shape index (κ2) is 7.60. The van der Waals surface area contributed by atoms with Crippen molar-refractivity contribution in [2.45, 2.75) is 18.9 Å². The summed E-state index contributed by atoms with van der Waals surface area (Å²) in [5.41, 5.74) is -0.000708. The Morgan fingerprint density at radius 2 is 1.81 bits per heavy atom. The van der Waals surface area contributed by atoms with Crippen molar-refractivity contribution >= 4 is 40.7 Å². The summed E-state index contributed by atoms with van der Waals surface area (Å²) >= 11 is 11.8. The van der Waals surface area contributed by atoms with Gasteiger partial charge in [-0.1, -0.05) is 29.3 Å². The number of anilines is 1. The molecule has 136 valence electrons. The summed E-state index contributed by atoms with van der Waals surface area (Å²) in [6.45, 7) is 0.281. The lowest BCUT2D eigenvalue weighted by Gasteiger charge is -2.24. The number of halogens is 4. The fourth-order valence-corrected chi connectivity index (χ4v) is 3.48. The van der Waals surface area contributed by atoms with Crippen LogP contribution >= 0.6 is 23.2 Å². The molecule has 2 amide bonds. The van der Waals surface area contributed by atoms with Gasteiger partial charge in [-0.3, -0.25) is 9.59 Å². The monoisotopic (exact) mass is 398 g/mol. The van der Waals surface area contributed by atoms with Crippen LogP contribution in [0.3, 0.4) is 0 Å². The summed E-state index contributed by atoms with van der Waals surface area (Å²) in [5, 5.41) is 3.37. The van der Waals surface area contributed by atoms with Gasteiger partial charge in [0.2, 0.25) is 5.91 Å². The third-order valence-electron chi connectivity index (χ3n) is 4.13. The topological polar surface area (TPSA) is 49.4 Å². The first-order valence-corrected chi connectivity index (χ1v) is 8.64. The fraction of sp³-hybridized carbons (Fsp3) is 0.222.